The molecule has 0 aromatic carbocycles. The molecule has 0 aliphatic carbocycles. The van der Waals surface area contributed by atoms with Crippen LogP contribution in [0.4, 0.5) is 0 Å². The van der Waals surface area contributed by atoms with E-state index >= 15 is 0 Å². The van der Waals surface area contributed by atoms with E-state index < -0.39 is 12.0 Å². The van der Waals surface area contributed by atoms with Crippen molar-refractivity contribution < 1.29 is 19.5 Å². The van der Waals surface area contributed by atoms with E-state index in [1.165, 1.54) is 4.90 Å². The number of hydrogen-bond donors (Lipinski definition) is 2. The molecule has 2 aliphatic heterocycles. The number of carboxylic acid groups (broad SMARTS) is 1. The molecule has 0 radical (unpaired) electrons. The van der Waals surface area contributed by atoms with Crippen molar-refractivity contribution >= 4 is 17.8 Å². The number of carbonyl (C=O) groups is 3. The van der Waals surface area contributed by atoms with Gasteiger partial charge in [-0.15, -0.1) is 0 Å². The number of likely N-dealkylation sites (tertiary alicyclic amines) is 1. The van der Waals surface area contributed by atoms with Crippen LogP contribution >= 0.6 is 0 Å². The quantitative estimate of drug-likeness (QED) is 0.602. The lowest BCUT2D eigenvalue weighted by molar-refractivity contribution is -0.148. The normalized spacial score (nSPS) is 25.1. The molecule has 2 aliphatic rings. The van der Waals surface area contributed by atoms with Gasteiger partial charge in [0, 0.05) is 19.6 Å². The Morgan fingerprint density at radius 1 is 1.41 bits per heavy atom. The summed E-state index contributed by atoms with van der Waals surface area (Å²) in [5, 5.41) is 11.5. The third kappa shape index (κ3) is 2.55. The van der Waals surface area contributed by atoms with Crippen LogP contribution < -0.4 is 5.32 Å². The van der Waals surface area contributed by atoms with Gasteiger partial charge in [-0.05, 0) is 6.42 Å². The minimum absolute atomic E-state index is 0.00435. The zero-order valence-electron chi connectivity index (χ0n) is 9.39. The minimum Gasteiger partial charge on any atom is -0.480 e. The highest BCUT2D eigenvalue weighted by Crippen LogP contribution is 2.09. The molecule has 0 aromatic rings. The molecule has 0 saturated carbocycles. The van der Waals surface area contributed by atoms with Gasteiger partial charge in [-0.3, -0.25) is 19.3 Å². The fourth-order valence-corrected chi connectivity index (χ4v) is 1.94. The van der Waals surface area contributed by atoms with Crippen molar-refractivity contribution in [3.63, 3.8) is 0 Å². The van der Waals surface area contributed by atoms with Crippen molar-refractivity contribution in [2.24, 2.45) is 0 Å². The molecule has 94 valence electrons. The van der Waals surface area contributed by atoms with Gasteiger partial charge in [0.25, 0.3) is 0 Å². The zero-order valence-corrected chi connectivity index (χ0v) is 9.39. The van der Waals surface area contributed by atoms with Gasteiger partial charge in [0.05, 0.1) is 13.1 Å². The molecule has 2 heterocycles. The van der Waals surface area contributed by atoms with Crippen molar-refractivity contribution in [2.45, 2.75) is 12.5 Å². The van der Waals surface area contributed by atoms with E-state index in [1.807, 2.05) is 0 Å². The zero-order chi connectivity index (χ0) is 12.4. The molecule has 1 unspecified atom stereocenters. The van der Waals surface area contributed by atoms with Gasteiger partial charge in [-0.25, -0.2) is 0 Å². The average molecular weight is 241 g/mol. The summed E-state index contributed by atoms with van der Waals surface area (Å²) >= 11 is 0. The molecule has 2 fully saturated rings. The number of amides is 2. The van der Waals surface area contributed by atoms with E-state index in [-0.39, 0.29) is 31.4 Å². The summed E-state index contributed by atoms with van der Waals surface area (Å²) in [6.45, 7) is 1.50. The topological polar surface area (TPSA) is 90.0 Å². The molecular formula is C10H15N3O4. The number of nitrogens with one attached hydrogen (secondary N) is 1. The predicted molar refractivity (Wildman–Crippen MR) is 57.2 cm³/mol. The monoisotopic (exact) mass is 241 g/mol. The second kappa shape index (κ2) is 4.70. The number of carbonyl (C=O) groups excluding carboxylic acids is 2. The second-order valence-corrected chi connectivity index (χ2v) is 4.30. The highest BCUT2D eigenvalue weighted by atomic mass is 16.4. The maximum absolute atomic E-state index is 11.7. The van der Waals surface area contributed by atoms with E-state index in [9.17, 15) is 14.4 Å². The summed E-state index contributed by atoms with van der Waals surface area (Å²) in [6.07, 6.45) is 0.995. The van der Waals surface area contributed by atoms with Crippen molar-refractivity contribution in [1.82, 2.24) is 15.1 Å². The number of piperazine rings is 1. The molecule has 2 rings (SSSR count). The van der Waals surface area contributed by atoms with Crippen molar-refractivity contribution in [2.75, 3.05) is 32.7 Å². The Bertz CT molecular complexity index is 353. The standard InChI is InChI=1S/C10H15N3O4/c14-8-5-13(7(4-11-8)10(16)17)6-9(15)12-2-1-3-12/h7H,1-6H2,(H,11,14)(H,16,17). The molecule has 1 atom stereocenters. The van der Waals surface area contributed by atoms with Crippen molar-refractivity contribution in [1.29, 1.82) is 0 Å². The minimum atomic E-state index is -1.01. The largest absolute Gasteiger partial charge is 0.480 e. The van der Waals surface area contributed by atoms with Crippen LogP contribution in [0, 0.1) is 0 Å². The molecule has 7 nitrogen and oxygen atoms in total. The fraction of sp³-hybridized carbons (Fsp3) is 0.700. The maximum atomic E-state index is 11.7. The van der Waals surface area contributed by atoms with Crippen LogP contribution in [0.25, 0.3) is 0 Å². The highest BCUT2D eigenvalue weighted by molar-refractivity contribution is 5.85. The Kier molecular flexibility index (Phi) is 3.28. The van der Waals surface area contributed by atoms with E-state index in [0.29, 0.717) is 0 Å². The van der Waals surface area contributed by atoms with Crippen LogP contribution in [-0.2, 0) is 14.4 Å². The SMILES string of the molecule is O=C1CN(CC(=O)N2CCC2)C(C(=O)O)CN1. The number of hydrogen-bond acceptors (Lipinski definition) is 4. The third-order valence-corrected chi connectivity index (χ3v) is 3.11. The van der Waals surface area contributed by atoms with Crippen LogP contribution in [0.2, 0.25) is 0 Å². The van der Waals surface area contributed by atoms with Crippen LogP contribution in [0.15, 0.2) is 0 Å². The number of carboxylic acids is 1. The van der Waals surface area contributed by atoms with Crippen molar-refractivity contribution in [3.8, 4) is 0 Å². The Hall–Kier alpha value is -1.63. The smallest absolute Gasteiger partial charge is 0.322 e. The summed E-state index contributed by atoms with van der Waals surface area (Å²) in [5.74, 6) is -1.35. The molecule has 2 N–H and O–H groups in total. The Labute approximate surface area is 98.4 Å². The first-order valence-corrected chi connectivity index (χ1v) is 5.59. The lowest BCUT2D eigenvalue weighted by atomic mass is 10.1. The molecule has 0 aromatic heterocycles. The molecule has 17 heavy (non-hydrogen) atoms. The summed E-state index contributed by atoms with van der Waals surface area (Å²) in [7, 11) is 0. The predicted octanol–water partition coefficient (Wildman–Crippen LogP) is -1.90. The summed E-state index contributed by atoms with van der Waals surface area (Å²) in [5.41, 5.74) is 0. The van der Waals surface area contributed by atoms with Crippen molar-refractivity contribution in [3.05, 3.63) is 0 Å². The van der Waals surface area contributed by atoms with Crippen LogP contribution in [-0.4, -0.2) is 71.5 Å². The lowest BCUT2D eigenvalue weighted by Crippen LogP contribution is -2.60. The van der Waals surface area contributed by atoms with Gasteiger partial charge in [-0.1, -0.05) is 0 Å². The van der Waals surface area contributed by atoms with Gasteiger partial charge in [0.2, 0.25) is 11.8 Å². The van der Waals surface area contributed by atoms with Gasteiger partial charge in [0.1, 0.15) is 6.04 Å². The van der Waals surface area contributed by atoms with Gasteiger partial charge in [-0.2, -0.15) is 0 Å². The van der Waals surface area contributed by atoms with E-state index in [1.54, 1.807) is 4.90 Å². The number of aliphatic carboxylic acids is 1. The Morgan fingerprint density at radius 3 is 2.65 bits per heavy atom. The Balaban J connectivity index is 1.96. The van der Waals surface area contributed by atoms with Crippen LogP contribution in [0.3, 0.4) is 0 Å². The van der Waals surface area contributed by atoms with Gasteiger partial charge >= 0.3 is 5.97 Å². The molecule has 2 amide bonds. The summed E-state index contributed by atoms with van der Waals surface area (Å²) in [4.78, 5) is 37.0. The summed E-state index contributed by atoms with van der Waals surface area (Å²) < 4.78 is 0. The molecule has 7 heteroatoms. The van der Waals surface area contributed by atoms with Gasteiger partial charge in [0.15, 0.2) is 0 Å². The first-order valence-electron chi connectivity index (χ1n) is 5.59. The van der Waals surface area contributed by atoms with Crippen LogP contribution in [0.1, 0.15) is 6.42 Å². The molecule has 2 saturated heterocycles. The Morgan fingerprint density at radius 2 is 2.12 bits per heavy atom. The average Bonchev–Trinajstić information content (AvgIpc) is 2.13. The second-order valence-electron chi connectivity index (χ2n) is 4.30. The third-order valence-electron chi connectivity index (χ3n) is 3.11. The lowest BCUT2D eigenvalue weighted by Gasteiger charge is -2.36. The van der Waals surface area contributed by atoms with Gasteiger partial charge < -0.3 is 15.3 Å². The maximum Gasteiger partial charge on any atom is 0.322 e. The number of rotatable bonds is 3. The van der Waals surface area contributed by atoms with E-state index in [0.717, 1.165) is 19.5 Å². The number of nitrogens with zero attached hydrogens (tertiary/aromatic N) is 2. The molecular weight excluding hydrogens is 226 g/mol. The molecule has 0 bridgehead atoms. The fourth-order valence-electron chi connectivity index (χ4n) is 1.94. The highest BCUT2D eigenvalue weighted by Gasteiger charge is 2.34. The van der Waals surface area contributed by atoms with E-state index in [2.05, 4.69) is 5.32 Å². The molecule has 0 spiro atoms. The van der Waals surface area contributed by atoms with Crippen LogP contribution in [0.5, 0.6) is 0 Å². The summed E-state index contributed by atoms with van der Waals surface area (Å²) in [6, 6.07) is -0.807. The first kappa shape index (κ1) is 11.8. The first-order chi connectivity index (χ1) is 8.08. The van der Waals surface area contributed by atoms with E-state index in [4.69, 9.17) is 5.11 Å².